The van der Waals surface area contributed by atoms with Crippen LogP contribution in [0.3, 0.4) is 0 Å². The number of carbonyl (C=O) groups is 1. The van der Waals surface area contributed by atoms with Crippen molar-refractivity contribution in [1.29, 1.82) is 0 Å². The summed E-state index contributed by atoms with van der Waals surface area (Å²) in [5.74, 6) is -0.240. The van der Waals surface area contributed by atoms with Gasteiger partial charge in [-0.2, -0.15) is 0 Å². The Morgan fingerprint density at radius 3 is 2.53 bits per heavy atom. The zero-order valence-corrected chi connectivity index (χ0v) is 8.58. The highest BCUT2D eigenvalue weighted by Crippen LogP contribution is 2.15. The fourth-order valence-corrected chi connectivity index (χ4v) is 1.44. The minimum atomic E-state index is -0.240. The summed E-state index contributed by atoms with van der Waals surface area (Å²) in [4.78, 5) is 14.5. The fraction of sp³-hybridized carbons (Fsp3) is 0. The number of halogens is 1. The first-order valence-corrected chi connectivity index (χ1v) is 4.84. The molecule has 0 saturated carbocycles. The summed E-state index contributed by atoms with van der Waals surface area (Å²) < 4.78 is 0. The highest BCUT2D eigenvalue weighted by molar-refractivity contribution is 6.34. The van der Waals surface area contributed by atoms with E-state index in [1.54, 1.807) is 12.3 Å². The number of carbonyl (C=O) groups excluding carboxylic acids is 1. The van der Waals surface area contributed by atoms with Gasteiger partial charge in [0.1, 0.15) is 5.69 Å². The van der Waals surface area contributed by atoms with Crippen LogP contribution in [0.5, 0.6) is 0 Å². The molecule has 0 unspecified atom stereocenters. The van der Waals surface area contributed by atoms with Gasteiger partial charge >= 0.3 is 0 Å². The van der Waals surface area contributed by atoms with Gasteiger partial charge in [0.2, 0.25) is 0 Å². The van der Waals surface area contributed by atoms with Gasteiger partial charge in [0.05, 0.1) is 5.02 Å². The third-order valence-electron chi connectivity index (χ3n) is 1.95. The first-order chi connectivity index (χ1) is 7.27. The van der Waals surface area contributed by atoms with Crippen LogP contribution in [0.25, 0.3) is 0 Å². The van der Waals surface area contributed by atoms with Crippen molar-refractivity contribution in [2.45, 2.75) is 0 Å². The summed E-state index contributed by atoms with van der Waals surface area (Å²) in [6.45, 7) is 0. The van der Waals surface area contributed by atoms with E-state index in [9.17, 15) is 4.79 Å². The number of aromatic amines is 1. The molecule has 0 aliphatic carbocycles. The van der Waals surface area contributed by atoms with Gasteiger partial charge in [0, 0.05) is 11.9 Å². The summed E-state index contributed by atoms with van der Waals surface area (Å²) in [5.41, 5.74) is 1.12. The third kappa shape index (κ3) is 2.19. The monoisotopic (exact) mass is 220 g/mol. The van der Waals surface area contributed by atoms with Crippen LogP contribution in [0.4, 0.5) is 5.69 Å². The summed E-state index contributed by atoms with van der Waals surface area (Å²) in [6.07, 6.45) is 1.63. The van der Waals surface area contributed by atoms with E-state index in [0.29, 0.717) is 10.7 Å². The number of benzene rings is 1. The Bertz CT molecular complexity index is 464. The highest BCUT2D eigenvalue weighted by Gasteiger charge is 2.10. The molecule has 0 radical (unpaired) electrons. The predicted octanol–water partition coefficient (Wildman–Crippen LogP) is 2.92. The van der Waals surface area contributed by atoms with Gasteiger partial charge in [0.25, 0.3) is 5.91 Å². The van der Waals surface area contributed by atoms with Crippen molar-refractivity contribution in [2.24, 2.45) is 0 Å². The van der Waals surface area contributed by atoms with E-state index in [2.05, 4.69) is 10.3 Å². The third-order valence-corrected chi connectivity index (χ3v) is 2.27. The van der Waals surface area contributed by atoms with Gasteiger partial charge in [-0.15, -0.1) is 0 Å². The average molecular weight is 221 g/mol. The number of para-hydroxylation sites is 1. The molecule has 1 aromatic carbocycles. The molecule has 1 aromatic heterocycles. The van der Waals surface area contributed by atoms with Crippen LogP contribution < -0.4 is 5.32 Å². The number of H-pyrrole nitrogens is 1. The molecule has 0 bridgehead atoms. The molecule has 0 saturated heterocycles. The van der Waals surface area contributed by atoms with Gasteiger partial charge in [-0.25, -0.2) is 0 Å². The molecule has 3 nitrogen and oxygen atoms in total. The lowest BCUT2D eigenvalue weighted by Crippen LogP contribution is -2.12. The molecule has 1 amide bonds. The van der Waals surface area contributed by atoms with Crippen LogP contribution in [0.2, 0.25) is 5.02 Å². The Kier molecular flexibility index (Phi) is 2.74. The Morgan fingerprint density at radius 2 is 1.93 bits per heavy atom. The maximum Gasteiger partial charge on any atom is 0.273 e. The van der Waals surface area contributed by atoms with Gasteiger partial charge < -0.3 is 10.3 Å². The van der Waals surface area contributed by atoms with E-state index < -0.39 is 0 Å². The maximum atomic E-state index is 11.7. The van der Waals surface area contributed by atoms with Gasteiger partial charge in [-0.1, -0.05) is 29.8 Å². The second-order valence-electron chi connectivity index (χ2n) is 3.02. The molecule has 0 aliphatic rings. The van der Waals surface area contributed by atoms with E-state index in [1.807, 2.05) is 30.3 Å². The Morgan fingerprint density at radius 1 is 1.20 bits per heavy atom. The molecule has 0 fully saturated rings. The first kappa shape index (κ1) is 9.80. The Hall–Kier alpha value is -1.74. The lowest BCUT2D eigenvalue weighted by molar-refractivity contribution is 0.102. The SMILES string of the molecule is O=C(Nc1ccccc1)c1[nH]ccc1Cl. The van der Waals surface area contributed by atoms with Gasteiger partial charge in [0.15, 0.2) is 0 Å². The first-order valence-electron chi connectivity index (χ1n) is 4.46. The number of rotatable bonds is 2. The van der Waals surface area contributed by atoms with Crippen LogP contribution in [0.15, 0.2) is 42.6 Å². The quantitative estimate of drug-likeness (QED) is 0.803. The van der Waals surface area contributed by atoms with Crippen molar-refractivity contribution < 1.29 is 4.79 Å². The Balaban J connectivity index is 2.15. The molecular weight excluding hydrogens is 212 g/mol. The summed E-state index contributed by atoms with van der Waals surface area (Å²) >= 11 is 5.81. The number of hydrogen-bond donors (Lipinski definition) is 2. The normalized spacial score (nSPS) is 9.93. The van der Waals surface area contributed by atoms with Crippen LogP contribution in [-0.4, -0.2) is 10.9 Å². The maximum absolute atomic E-state index is 11.7. The zero-order chi connectivity index (χ0) is 10.7. The summed E-state index contributed by atoms with van der Waals surface area (Å²) in [5, 5.41) is 3.15. The average Bonchev–Trinajstić information content (AvgIpc) is 2.66. The van der Waals surface area contributed by atoms with E-state index >= 15 is 0 Å². The van der Waals surface area contributed by atoms with Crippen LogP contribution in [0.1, 0.15) is 10.5 Å². The van der Waals surface area contributed by atoms with Crippen molar-refractivity contribution in [3.05, 3.63) is 53.3 Å². The van der Waals surface area contributed by atoms with Gasteiger partial charge in [-0.3, -0.25) is 4.79 Å². The summed E-state index contributed by atoms with van der Waals surface area (Å²) in [6, 6.07) is 10.9. The molecule has 76 valence electrons. The van der Waals surface area contributed by atoms with Crippen molar-refractivity contribution >= 4 is 23.2 Å². The van der Waals surface area contributed by atoms with Crippen molar-refractivity contribution in [1.82, 2.24) is 4.98 Å². The van der Waals surface area contributed by atoms with E-state index in [4.69, 9.17) is 11.6 Å². The van der Waals surface area contributed by atoms with Gasteiger partial charge in [-0.05, 0) is 18.2 Å². The molecule has 15 heavy (non-hydrogen) atoms. The van der Waals surface area contributed by atoms with Crippen molar-refractivity contribution in [2.75, 3.05) is 5.32 Å². The van der Waals surface area contributed by atoms with E-state index in [-0.39, 0.29) is 5.91 Å². The summed E-state index contributed by atoms with van der Waals surface area (Å²) in [7, 11) is 0. The lowest BCUT2D eigenvalue weighted by Gasteiger charge is -2.03. The Labute approximate surface area is 92.1 Å². The number of anilines is 1. The smallest absolute Gasteiger partial charge is 0.273 e. The minimum absolute atomic E-state index is 0.240. The lowest BCUT2D eigenvalue weighted by atomic mass is 10.3. The largest absolute Gasteiger partial charge is 0.356 e. The molecular formula is C11H9ClN2O. The van der Waals surface area contributed by atoms with Crippen LogP contribution >= 0.6 is 11.6 Å². The topological polar surface area (TPSA) is 44.9 Å². The molecule has 4 heteroatoms. The number of hydrogen-bond acceptors (Lipinski definition) is 1. The predicted molar refractivity (Wildman–Crippen MR) is 60.2 cm³/mol. The van der Waals surface area contributed by atoms with Crippen LogP contribution in [0, 0.1) is 0 Å². The molecule has 0 atom stereocenters. The molecule has 1 heterocycles. The highest BCUT2D eigenvalue weighted by atomic mass is 35.5. The minimum Gasteiger partial charge on any atom is -0.356 e. The molecule has 0 spiro atoms. The van der Waals surface area contributed by atoms with Crippen molar-refractivity contribution in [3.63, 3.8) is 0 Å². The van der Waals surface area contributed by atoms with Crippen LogP contribution in [-0.2, 0) is 0 Å². The number of amides is 1. The van der Waals surface area contributed by atoms with E-state index in [1.165, 1.54) is 0 Å². The molecule has 0 aliphatic heterocycles. The molecule has 2 rings (SSSR count). The number of aromatic nitrogens is 1. The second-order valence-corrected chi connectivity index (χ2v) is 3.43. The van der Waals surface area contributed by atoms with Crippen molar-refractivity contribution in [3.8, 4) is 0 Å². The number of nitrogens with one attached hydrogen (secondary N) is 2. The molecule has 2 N–H and O–H groups in total. The standard InChI is InChI=1S/C11H9ClN2O/c12-9-6-7-13-10(9)11(15)14-8-4-2-1-3-5-8/h1-7,13H,(H,14,15). The van der Waals surface area contributed by atoms with E-state index in [0.717, 1.165) is 5.69 Å². The second kappa shape index (κ2) is 4.19. The fourth-order valence-electron chi connectivity index (χ4n) is 1.24. The molecule has 2 aromatic rings. The zero-order valence-electron chi connectivity index (χ0n) is 7.83.